The molecule has 1 unspecified atom stereocenters. The van der Waals surface area contributed by atoms with Crippen molar-refractivity contribution in [2.75, 3.05) is 31.7 Å². The van der Waals surface area contributed by atoms with Crippen LogP contribution < -0.4 is 15.0 Å². The van der Waals surface area contributed by atoms with Gasteiger partial charge in [-0.2, -0.15) is 0 Å². The molecule has 1 saturated heterocycles. The van der Waals surface area contributed by atoms with Crippen LogP contribution in [0.3, 0.4) is 0 Å². The van der Waals surface area contributed by atoms with Gasteiger partial charge in [0.2, 0.25) is 0 Å². The zero-order valence-electron chi connectivity index (χ0n) is 13.3. The van der Waals surface area contributed by atoms with Crippen LogP contribution in [0.4, 0.5) is 16.2 Å². The number of nitrogens with one attached hydrogen (secondary N) is 1. The summed E-state index contributed by atoms with van der Waals surface area (Å²) in [6, 6.07) is 4.79. The second-order valence-corrected chi connectivity index (χ2v) is 5.26. The second kappa shape index (κ2) is 7.66. The maximum atomic E-state index is 11.5. The van der Waals surface area contributed by atoms with Crippen molar-refractivity contribution in [3.8, 4) is 5.75 Å². The van der Waals surface area contributed by atoms with Gasteiger partial charge in [-0.25, -0.2) is 4.79 Å². The van der Waals surface area contributed by atoms with Crippen LogP contribution in [-0.4, -0.2) is 43.9 Å². The number of benzene rings is 1. The molecule has 1 amide bonds. The van der Waals surface area contributed by atoms with Gasteiger partial charge in [-0.1, -0.05) is 0 Å². The third-order valence-electron chi connectivity index (χ3n) is 3.74. The molecule has 8 heteroatoms. The number of ether oxygens (including phenoxy) is 2. The average molecular weight is 323 g/mol. The summed E-state index contributed by atoms with van der Waals surface area (Å²) < 4.78 is 10.0. The van der Waals surface area contributed by atoms with Crippen LogP contribution in [0.5, 0.6) is 5.75 Å². The van der Waals surface area contributed by atoms with Crippen LogP contribution in [0.2, 0.25) is 0 Å². The molecule has 0 aromatic heterocycles. The summed E-state index contributed by atoms with van der Waals surface area (Å²) in [7, 11) is 1.41. The lowest BCUT2D eigenvalue weighted by atomic mass is 10.0. The van der Waals surface area contributed by atoms with Crippen molar-refractivity contribution in [3.05, 3.63) is 28.3 Å². The Morgan fingerprint density at radius 2 is 2.30 bits per heavy atom. The number of carbonyl (C=O) groups is 1. The van der Waals surface area contributed by atoms with Crippen molar-refractivity contribution in [1.82, 2.24) is 5.32 Å². The first-order valence-corrected chi connectivity index (χ1v) is 7.55. The highest BCUT2D eigenvalue weighted by Crippen LogP contribution is 2.32. The monoisotopic (exact) mass is 323 g/mol. The van der Waals surface area contributed by atoms with Crippen molar-refractivity contribution in [2.24, 2.45) is 0 Å². The lowest BCUT2D eigenvalue weighted by Crippen LogP contribution is -2.48. The fraction of sp³-hybridized carbons (Fsp3) is 0.533. The molecule has 23 heavy (non-hydrogen) atoms. The predicted octanol–water partition coefficient (Wildman–Crippen LogP) is 2.32. The van der Waals surface area contributed by atoms with E-state index in [1.165, 1.54) is 13.2 Å². The smallest absolute Gasteiger partial charge is 0.407 e. The van der Waals surface area contributed by atoms with Crippen LogP contribution in [-0.2, 0) is 4.74 Å². The molecule has 8 nitrogen and oxygen atoms in total. The highest BCUT2D eigenvalue weighted by atomic mass is 16.6. The Kier molecular flexibility index (Phi) is 5.61. The van der Waals surface area contributed by atoms with E-state index in [2.05, 4.69) is 10.2 Å². The average Bonchev–Trinajstić information content (AvgIpc) is 2.54. The Labute approximate surface area is 134 Å². The van der Waals surface area contributed by atoms with E-state index in [9.17, 15) is 14.9 Å². The summed E-state index contributed by atoms with van der Waals surface area (Å²) in [4.78, 5) is 24.1. The fourth-order valence-electron chi connectivity index (χ4n) is 2.68. The molecule has 1 atom stereocenters. The van der Waals surface area contributed by atoms with Gasteiger partial charge in [0.25, 0.3) is 0 Å². The number of nitro groups is 1. The molecule has 0 spiro atoms. The molecule has 2 rings (SSSR count). The molecule has 0 aliphatic carbocycles. The largest absolute Gasteiger partial charge is 0.490 e. The minimum Gasteiger partial charge on any atom is -0.490 e. The van der Waals surface area contributed by atoms with Gasteiger partial charge < -0.3 is 19.7 Å². The lowest BCUT2D eigenvalue weighted by Gasteiger charge is -2.34. The Morgan fingerprint density at radius 3 is 2.96 bits per heavy atom. The number of hydrogen-bond donors (Lipinski definition) is 1. The van der Waals surface area contributed by atoms with E-state index < -0.39 is 11.0 Å². The summed E-state index contributed by atoms with van der Waals surface area (Å²) in [5, 5.41) is 13.8. The first kappa shape index (κ1) is 16.9. The zero-order chi connectivity index (χ0) is 16.8. The summed E-state index contributed by atoms with van der Waals surface area (Å²) in [6.45, 7) is 3.54. The maximum Gasteiger partial charge on any atom is 0.407 e. The normalized spacial score (nSPS) is 17.5. The Morgan fingerprint density at radius 1 is 1.52 bits per heavy atom. The van der Waals surface area contributed by atoms with Crippen molar-refractivity contribution in [3.63, 3.8) is 0 Å². The van der Waals surface area contributed by atoms with Crippen LogP contribution in [0.25, 0.3) is 0 Å². The quantitative estimate of drug-likeness (QED) is 0.660. The van der Waals surface area contributed by atoms with Gasteiger partial charge in [0.15, 0.2) is 5.75 Å². The molecule has 1 N–H and O–H groups in total. The van der Waals surface area contributed by atoms with Gasteiger partial charge in [-0.15, -0.1) is 0 Å². The van der Waals surface area contributed by atoms with Crippen molar-refractivity contribution in [2.45, 2.75) is 25.8 Å². The Bertz CT molecular complexity index is 578. The van der Waals surface area contributed by atoms with Crippen molar-refractivity contribution >= 4 is 17.5 Å². The number of nitro benzene ring substituents is 1. The fourth-order valence-corrected chi connectivity index (χ4v) is 2.68. The number of amides is 1. The number of rotatable bonds is 5. The van der Waals surface area contributed by atoms with Crippen LogP contribution >= 0.6 is 0 Å². The van der Waals surface area contributed by atoms with E-state index in [1.54, 1.807) is 19.1 Å². The number of anilines is 1. The molecular formula is C15H21N3O5. The number of methoxy groups -OCH3 is 1. The number of nitrogens with zero attached hydrogens (tertiary/aromatic N) is 2. The van der Waals surface area contributed by atoms with Gasteiger partial charge in [-0.05, 0) is 25.8 Å². The highest BCUT2D eigenvalue weighted by Gasteiger charge is 2.24. The van der Waals surface area contributed by atoms with E-state index in [4.69, 9.17) is 9.47 Å². The summed E-state index contributed by atoms with van der Waals surface area (Å²) in [5.41, 5.74) is 0.775. The highest BCUT2D eigenvalue weighted by molar-refractivity contribution is 5.68. The van der Waals surface area contributed by atoms with E-state index in [1.807, 2.05) is 0 Å². The van der Waals surface area contributed by atoms with E-state index >= 15 is 0 Å². The van der Waals surface area contributed by atoms with Crippen LogP contribution in [0, 0.1) is 10.1 Å². The summed E-state index contributed by atoms with van der Waals surface area (Å²) >= 11 is 0. The van der Waals surface area contributed by atoms with E-state index in [-0.39, 0.29) is 17.5 Å². The van der Waals surface area contributed by atoms with Gasteiger partial charge in [-0.3, -0.25) is 10.1 Å². The van der Waals surface area contributed by atoms with Crippen molar-refractivity contribution < 1.29 is 19.2 Å². The molecule has 1 heterocycles. The minimum atomic E-state index is -0.468. The summed E-state index contributed by atoms with van der Waals surface area (Å²) in [5.74, 6) is 0.230. The first-order chi connectivity index (χ1) is 11.0. The van der Waals surface area contributed by atoms with E-state index in [0.717, 1.165) is 25.1 Å². The molecule has 0 bridgehead atoms. The van der Waals surface area contributed by atoms with E-state index in [0.29, 0.717) is 13.2 Å². The standard InChI is InChI=1S/C15H21N3O5/c1-3-23-15(19)16-11-5-4-8-17(10-11)12-6-7-13(18(20)21)14(9-12)22-2/h6-7,9,11H,3-5,8,10H2,1-2H3,(H,16,19). The topological polar surface area (TPSA) is 93.9 Å². The van der Waals surface area contributed by atoms with Gasteiger partial charge in [0.1, 0.15) is 0 Å². The lowest BCUT2D eigenvalue weighted by molar-refractivity contribution is -0.385. The molecule has 1 fully saturated rings. The molecule has 0 saturated carbocycles. The Balaban J connectivity index is 2.09. The summed E-state index contributed by atoms with van der Waals surface area (Å²) in [6.07, 6.45) is 1.37. The second-order valence-electron chi connectivity index (χ2n) is 5.26. The number of hydrogen-bond acceptors (Lipinski definition) is 6. The minimum absolute atomic E-state index is 0.0102. The molecule has 0 radical (unpaired) electrons. The number of alkyl carbamates (subject to hydrolysis) is 1. The van der Waals surface area contributed by atoms with Gasteiger partial charge >= 0.3 is 11.8 Å². The third kappa shape index (κ3) is 4.24. The van der Waals surface area contributed by atoms with Gasteiger partial charge in [0, 0.05) is 37.0 Å². The van der Waals surface area contributed by atoms with Crippen LogP contribution in [0.1, 0.15) is 19.8 Å². The maximum absolute atomic E-state index is 11.5. The molecule has 1 aliphatic rings. The SMILES string of the molecule is CCOC(=O)NC1CCCN(c2ccc([N+](=O)[O-])c(OC)c2)C1. The third-order valence-corrected chi connectivity index (χ3v) is 3.74. The molecule has 1 aliphatic heterocycles. The van der Waals surface area contributed by atoms with Crippen LogP contribution in [0.15, 0.2) is 18.2 Å². The molecule has 126 valence electrons. The first-order valence-electron chi connectivity index (χ1n) is 7.55. The predicted molar refractivity (Wildman–Crippen MR) is 85.0 cm³/mol. The molecule has 1 aromatic carbocycles. The zero-order valence-corrected chi connectivity index (χ0v) is 13.3. The van der Waals surface area contributed by atoms with Gasteiger partial charge in [0.05, 0.1) is 18.6 Å². The molecular weight excluding hydrogens is 302 g/mol. The number of carbonyl (C=O) groups excluding carboxylic acids is 1. The van der Waals surface area contributed by atoms with Crippen molar-refractivity contribution in [1.29, 1.82) is 0 Å². The molecule has 1 aromatic rings. The Hall–Kier alpha value is -2.51. The number of piperidine rings is 1.